The standard InChI is InChI=1S/C21H27N5O/c1-16(25-10-4-3-5-11-25)14-26-15-22-13-20(26)19-12-23-24-21(19)17-6-8-18(27-2)9-7-17/h6-9,12-13,15-16H,3-5,10-11,14H2,1-2H3,(H,23,24). The molecule has 1 fully saturated rings. The number of methoxy groups -OCH3 is 1. The number of benzene rings is 1. The van der Waals surface area contributed by atoms with Crippen molar-refractivity contribution < 1.29 is 4.74 Å². The summed E-state index contributed by atoms with van der Waals surface area (Å²) in [7, 11) is 1.68. The van der Waals surface area contributed by atoms with E-state index in [9.17, 15) is 0 Å². The number of aromatic nitrogens is 4. The zero-order chi connectivity index (χ0) is 18.6. The summed E-state index contributed by atoms with van der Waals surface area (Å²) in [6.45, 7) is 5.65. The van der Waals surface area contributed by atoms with Crippen LogP contribution in [0, 0.1) is 0 Å². The van der Waals surface area contributed by atoms with E-state index in [1.165, 1.54) is 32.4 Å². The Hall–Kier alpha value is -2.60. The van der Waals surface area contributed by atoms with E-state index < -0.39 is 0 Å². The van der Waals surface area contributed by atoms with Gasteiger partial charge in [-0.05, 0) is 57.1 Å². The number of rotatable bonds is 6. The predicted molar refractivity (Wildman–Crippen MR) is 107 cm³/mol. The quantitative estimate of drug-likeness (QED) is 0.721. The van der Waals surface area contributed by atoms with Crippen molar-refractivity contribution in [2.75, 3.05) is 20.2 Å². The van der Waals surface area contributed by atoms with Crippen LogP contribution in [0.25, 0.3) is 22.5 Å². The fraction of sp³-hybridized carbons (Fsp3) is 0.429. The highest BCUT2D eigenvalue weighted by Gasteiger charge is 2.19. The highest BCUT2D eigenvalue weighted by molar-refractivity contribution is 5.78. The highest BCUT2D eigenvalue weighted by Crippen LogP contribution is 2.31. The van der Waals surface area contributed by atoms with Crippen LogP contribution >= 0.6 is 0 Å². The molecule has 0 spiro atoms. The fourth-order valence-corrected chi connectivity index (χ4v) is 3.91. The molecule has 1 atom stereocenters. The van der Waals surface area contributed by atoms with E-state index in [-0.39, 0.29) is 0 Å². The first-order valence-electron chi connectivity index (χ1n) is 9.68. The van der Waals surface area contributed by atoms with Crippen molar-refractivity contribution in [3.05, 3.63) is 43.0 Å². The lowest BCUT2D eigenvalue weighted by Crippen LogP contribution is -2.39. The van der Waals surface area contributed by atoms with E-state index in [2.05, 4.69) is 31.6 Å². The van der Waals surface area contributed by atoms with E-state index in [4.69, 9.17) is 4.74 Å². The lowest BCUT2D eigenvalue weighted by molar-refractivity contribution is 0.160. The molecule has 1 N–H and O–H groups in total. The van der Waals surface area contributed by atoms with Crippen molar-refractivity contribution in [1.29, 1.82) is 0 Å². The van der Waals surface area contributed by atoms with Gasteiger partial charge >= 0.3 is 0 Å². The van der Waals surface area contributed by atoms with Gasteiger partial charge in [-0.3, -0.25) is 10.00 Å². The molecule has 0 aliphatic carbocycles. The predicted octanol–water partition coefficient (Wildman–Crippen LogP) is 3.82. The molecule has 0 bridgehead atoms. The number of aromatic amines is 1. The molecule has 6 nitrogen and oxygen atoms in total. The number of piperidine rings is 1. The highest BCUT2D eigenvalue weighted by atomic mass is 16.5. The van der Waals surface area contributed by atoms with E-state index in [0.29, 0.717) is 6.04 Å². The monoisotopic (exact) mass is 365 g/mol. The number of hydrogen-bond donors (Lipinski definition) is 1. The van der Waals surface area contributed by atoms with E-state index >= 15 is 0 Å². The Morgan fingerprint density at radius 1 is 1.11 bits per heavy atom. The van der Waals surface area contributed by atoms with Gasteiger partial charge in [-0.25, -0.2) is 4.98 Å². The maximum absolute atomic E-state index is 5.26. The third-order valence-electron chi connectivity index (χ3n) is 5.48. The van der Waals surface area contributed by atoms with Gasteiger partial charge in [0.25, 0.3) is 0 Å². The zero-order valence-corrected chi connectivity index (χ0v) is 16.1. The van der Waals surface area contributed by atoms with Crippen LogP contribution in [0.1, 0.15) is 26.2 Å². The van der Waals surface area contributed by atoms with E-state index in [1.54, 1.807) is 7.11 Å². The first-order valence-corrected chi connectivity index (χ1v) is 9.68. The second-order valence-electron chi connectivity index (χ2n) is 7.26. The first kappa shape index (κ1) is 17.8. The molecule has 6 heteroatoms. The summed E-state index contributed by atoms with van der Waals surface area (Å²) in [5.41, 5.74) is 4.26. The molecular weight excluding hydrogens is 338 g/mol. The van der Waals surface area contributed by atoms with E-state index in [0.717, 1.165) is 34.8 Å². The number of H-pyrrole nitrogens is 1. The molecule has 2 aromatic heterocycles. The first-order chi connectivity index (χ1) is 13.3. The van der Waals surface area contributed by atoms with Gasteiger partial charge in [0, 0.05) is 23.7 Å². The van der Waals surface area contributed by atoms with Gasteiger partial charge in [-0.2, -0.15) is 5.10 Å². The van der Waals surface area contributed by atoms with Crippen molar-refractivity contribution in [3.63, 3.8) is 0 Å². The SMILES string of the molecule is COc1ccc(-c2[nH]ncc2-c2cncn2CC(C)N2CCCCC2)cc1. The van der Waals surface area contributed by atoms with Gasteiger partial charge in [-0.1, -0.05) is 6.42 Å². The van der Waals surface area contributed by atoms with Crippen LogP contribution in [0.5, 0.6) is 5.75 Å². The molecule has 3 heterocycles. The third kappa shape index (κ3) is 3.76. The van der Waals surface area contributed by atoms with Crippen LogP contribution in [0.3, 0.4) is 0 Å². The molecule has 1 aliphatic heterocycles. The van der Waals surface area contributed by atoms with Crippen LogP contribution < -0.4 is 4.74 Å². The molecule has 0 saturated carbocycles. The Balaban J connectivity index is 1.58. The molecule has 1 aromatic carbocycles. The van der Waals surface area contributed by atoms with Gasteiger partial charge in [0.15, 0.2) is 0 Å². The summed E-state index contributed by atoms with van der Waals surface area (Å²) in [6.07, 6.45) is 9.73. The Kier molecular flexibility index (Phi) is 5.25. The second-order valence-corrected chi connectivity index (χ2v) is 7.26. The maximum Gasteiger partial charge on any atom is 0.118 e. The van der Waals surface area contributed by atoms with Crippen LogP contribution in [0.2, 0.25) is 0 Å². The minimum absolute atomic E-state index is 0.495. The molecule has 0 radical (unpaired) electrons. The van der Waals surface area contributed by atoms with Crippen LogP contribution in [0.15, 0.2) is 43.0 Å². The minimum Gasteiger partial charge on any atom is -0.497 e. The average molecular weight is 365 g/mol. The number of hydrogen-bond acceptors (Lipinski definition) is 4. The number of imidazole rings is 1. The molecule has 1 saturated heterocycles. The van der Waals surface area contributed by atoms with Gasteiger partial charge in [-0.15, -0.1) is 0 Å². The molecule has 142 valence electrons. The summed E-state index contributed by atoms with van der Waals surface area (Å²) < 4.78 is 7.51. The Morgan fingerprint density at radius 3 is 2.63 bits per heavy atom. The average Bonchev–Trinajstić information content (AvgIpc) is 3.37. The number of likely N-dealkylation sites (tertiary alicyclic amines) is 1. The lowest BCUT2D eigenvalue weighted by Gasteiger charge is -2.32. The minimum atomic E-state index is 0.495. The number of nitrogens with zero attached hydrogens (tertiary/aromatic N) is 4. The summed E-state index contributed by atoms with van der Waals surface area (Å²) in [5.74, 6) is 0.847. The molecular formula is C21H27N5O. The number of nitrogens with one attached hydrogen (secondary N) is 1. The Bertz CT molecular complexity index is 861. The topological polar surface area (TPSA) is 59.0 Å². The number of ether oxygens (including phenoxy) is 1. The molecule has 1 unspecified atom stereocenters. The summed E-state index contributed by atoms with van der Waals surface area (Å²) in [6, 6.07) is 8.53. The Morgan fingerprint density at radius 2 is 1.89 bits per heavy atom. The molecule has 3 aromatic rings. The summed E-state index contributed by atoms with van der Waals surface area (Å²) >= 11 is 0. The summed E-state index contributed by atoms with van der Waals surface area (Å²) in [4.78, 5) is 7.01. The zero-order valence-electron chi connectivity index (χ0n) is 16.1. The normalized spacial score (nSPS) is 16.4. The fourth-order valence-electron chi connectivity index (χ4n) is 3.91. The largest absolute Gasteiger partial charge is 0.497 e. The van der Waals surface area contributed by atoms with Gasteiger partial charge in [0.05, 0.1) is 37.2 Å². The molecule has 4 rings (SSSR count). The van der Waals surface area contributed by atoms with Crippen molar-refractivity contribution in [1.82, 2.24) is 24.6 Å². The van der Waals surface area contributed by atoms with Crippen LogP contribution in [0.4, 0.5) is 0 Å². The van der Waals surface area contributed by atoms with Crippen molar-refractivity contribution in [2.45, 2.75) is 38.8 Å². The van der Waals surface area contributed by atoms with Crippen molar-refractivity contribution in [3.8, 4) is 28.3 Å². The second kappa shape index (κ2) is 7.96. The maximum atomic E-state index is 5.26. The van der Waals surface area contributed by atoms with Crippen LogP contribution in [-0.2, 0) is 6.54 Å². The smallest absolute Gasteiger partial charge is 0.118 e. The molecule has 0 amide bonds. The lowest BCUT2D eigenvalue weighted by atomic mass is 10.1. The van der Waals surface area contributed by atoms with Crippen LogP contribution in [-0.4, -0.2) is 50.9 Å². The third-order valence-corrected chi connectivity index (χ3v) is 5.48. The molecule has 27 heavy (non-hydrogen) atoms. The van der Waals surface area contributed by atoms with E-state index in [1.807, 2.05) is 43.0 Å². The van der Waals surface area contributed by atoms with Gasteiger partial charge < -0.3 is 9.30 Å². The Labute approximate surface area is 160 Å². The van der Waals surface area contributed by atoms with Crippen molar-refractivity contribution >= 4 is 0 Å². The van der Waals surface area contributed by atoms with Gasteiger partial charge in [0.2, 0.25) is 0 Å². The van der Waals surface area contributed by atoms with Crippen molar-refractivity contribution in [2.24, 2.45) is 0 Å². The molecule has 1 aliphatic rings. The van der Waals surface area contributed by atoms with Gasteiger partial charge in [0.1, 0.15) is 5.75 Å². The summed E-state index contributed by atoms with van der Waals surface area (Å²) in [5, 5.41) is 7.45.